The van der Waals surface area contributed by atoms with E-state index in [2.05, 4.69) is 43.5 Å². The fourth-order valence-electron chi connectivity index (χ4n) is 2.72. The molecule has 0 aromatic heterocycles. The summed E-state index contributed by atoms with van der Waals surface area (Å²) in [6.45, 7) is 8.17. The molecule has 1 heterocycles. The Balaban J connectivity index is 2.07. The molecule has 1 fully saturated rings. The minimum Gasteiger partial charge on any atom is -0.349 e. The first-order chi connectivity index (χ1) is 9.09. The lowest BCUT2D eigenvalue weighted by atomic mass is 9.93. The van der Waals surface area contributed by atoms with Gasteiger partial charge in [-0.25, -0.2) is 0 Å². The van der Waals surface area contributed by atoms with Gasteiger partial charge in [-0.1, -0.05) is 51.1 Å². The summed E-state index contributed by atoms with van der Waals surface area (Å²) in [5, 5.41) is 6.51. The fraction of sp³-hybridized carbons (Fsp3) is 0.562. The van der Waals surface area contributed by atoms with E-state index < -0.39 is 0 Å². The smallest absolute Gasteiger partial charge is 0.225 e. The van der Waals surface area contributed by atoms with Gasteiger partial charge < -0.3 is 10.6 Å². The molecule has 1 aromatic rings. The Morgan fingerprint density at radius 1 is 1.26 bits per heavy atom. The van der Waals surface area contributed by atoms with E-state index in [1.165, 1.54) is 5.56 Å². The first kappa shape index (κ1) is 14.1. The van der Waals surface area contributed by atoms with Crippen LogP contribution in [0.15, 0.2) is 30.3 Å². The Bertz CT molecular complexity index is 416. The molecule has 0 aliphatic carbocycles. The molecule has 3 unspecified atom stereocenters. The SMILES string of the molecule is CC(C)C(NC(=O)C1CNCC1C)c1ccccc1. The van der Waals surface area contributed by atoms with E-state index in [-0.39, 0.29) is 17.9 Å². The van der Waals surface area contributed by atoms with E-state index in [1.54, 1.807) is 0 Å². The van der Waals surface area contributed by atoms with Gasteiger partial charge in [0.25, 0.3) is 0 Å². The Morgan fingerprint density at radius 2 is 1.95 bits per heavy atom. The number of benzene rings is 1. The van der Waals surface area contributed by atoms with Crippen LogP contribution >= 0.6 is 0 Å². The van der Waals surface area contributed by atoms with Gasteiger partial charge in [0.1, 0.15) is 0 Å². The Labute approximate surface area is 115 Å². The van der Waals surface area contributed by atoms with Crippen LogP contribution in [0.4, 0.5) is 0 Å². The van der Waals surface area contributed by atoms with Crippen molar-refractivity contribution in [2.24, 2.45) is 17.8 Å². The number of hydrogen-bond acceptors (Lipinski definition) is 2. The van der Waals surface area contributed by atoms with Crippen LogP contribution in [0.3, 0.4) is 0 Å². The molecule has 3 nitrogen and oxygen atoms in total. The maximum atomic E-state index is 12.4. The van der Waals surface area contributed by atoms with E-state index in [0.29, 0.717) is 11.8 Å². The molecule has 1 saturated heterocycles. The highest BCUT2D eigenvalue weighted by molar-refractivity contribution is 5.80. The van der Waals surface area contributed by atoms with Crippen LogP contribution in [0.25, 0.3) is 0 Å². The van der Waals surface area contributed by atoms with Gasteiger partial charge >= 0.3 is 0 Å². The van der Waals surface area contributed by atoms with Crippen LogP contribution in [0.2, 0.25) is 0 Å². The topological polar surface area (TPSA) is 41.1 Å². The average Bonchev–Trinajstić information content (AvgIpc) is 2.82. The quantitative estimate of drug-likeness (QED) is 0.872. The summed E-state index contributed by atoms with van der Waals surface area (Å²) in [6.07, 6.45) is 0. The molecule has 1 amide bonds. The third kappa shape index (κ3) is 3.35. The van der Waals surface area contributed by atoms with Gasteiger partial charge in [-0.2, -0.15) is 0 Å². The van der Waals surface area contributed by atoms with Gasteiger partial charge in [0.2, 0.25) is 5.91 Å². The van der Waals surface area contributed by atoms with Crippen molar-refractivity contribution in [2.45, 2.75) is 26.8 Å². The highest BCUT2D eigenvalue weighted by Crippen LogP contribution is 2.23. The molecule has 2 rings (SSSR count). The molecule has 3 heteroatoms. The lowest BCUT2D eigenvalue weighted by molar-refractivity contribution is -0.126. The standard InChI is InChI=1S/C16H24N2O/c1-11(2)15(13-7-5-4-6-8-13)18-16(19)14-10-17-9-12(14)3/h4-8,11-12,14-15,17H,9-10H2,1-3H3,(H,18,19). The van der Waals surface area contributed by atoms with Crippen molar-refractivity contribution >= 4 is 5.91 Å². The van der Waals surface area contributed by atoms with Crippen molar-refractivity contribution in [3.63, 3.8) is 0 Å². The molecule has 2 N–H and O–H groups in total. The first-order valence-electron chi connectivity index (χ1n) is 7.15. The predicted octanol–water partition coefficient (Wildman–Crippen LogP) is 2.36. The zero-order valence-electron chi connectivity index (χ0n) is 12.0. The van der Waals surface area contributed by atoms with Gasteiger partial charge in [-0.05, 0) is 23.9 Å². The largest absolute Gasteiger partial charge is 0.349 e. The molecule has 104 valence electrons. The number of hydrogen-bond donors (Lipinski definition) is 2. The summed E-state index contributed by atoms with van der Waals surface area (Å²) in [6, 6.07) is 10.3. The number of rotatable bonds is 4. The van der Waals surface area contributed by atoms with Crippen LogP contribution < -0.4 is 10.6 Å². The zero-order chi connectivity index (χ0) is 13.8. The minimum absolute atomic E-state index is 0.0986. The minimum atomic E-state index is 0.0986. The maximum absolute atomic E-state index is 12.4. The van der Waals surface area contributed by atoms with Crippen LogP contribution in [0, 0.1) is 17.8 Å². The molecule has 1 aliphatic heterocycles. The molecule has 0 spiro atoms. The molecule has 1 aliphatic rings. The van der Waals surface area contributed by atoms with Crippen LogP contribution in [-0.4, -0.2) is 19.0 Å². The van der Waals surface area contributed by atoms with E-state index in [9.17, 15) is 4.79 Å². The lowest BCUT2D eigenvalue weighted by Gasteiger charge is -2.25. The van der Waals surface area contributed by atoms with Crippen molar-refractivity contribution in [1.29, 1.82) is 0 Å². The second-order valence-electron chi connectivity index (χ2n) is 5.88. The number of carbonyl (C=O) groups excluding carboxylic acids is 1. The average molecular weight is 260 g/mol. The molecule has 0 saturated carbocycles. The molecular weight excluding hydrogens is 236 g/mol. The Hall–Kier alpha value is -1.35. The van der Waals surface area contributed by atoms with E-state index in [0.717, 1.165) is 13.1 Å². The molecule has 0 bridgehead atoms. The first-order valence-corrected chi connectivity index (χ1v) is 7.15. The third-order valence-corrected chi connectivity index (χ3v) is 3.98. The van der Waals surface area contributed by atoms with Gasteiger partial charge in [0.05, 0.1) is 12.0 Å². The van der Waals surface area contributed by atoms with Crippen LogP contribution in [0.5, 0.6) is 0 Å². The van der Waals surface area contributed by atoms with Crippen LogP contribution in [-0.2, 0) is 4.79 Å². The number of carbonyl (C=O) groups is 1. The summed E-state index contributed by atoms with van der Waals surface area (Å²) in [5.74, 6) is 1.09. The lowest BCUT2D eigenvalue weighted by Crippen LogP contribution is -2.38. The normalized spacial score (nSPS) is 24.4. The Morgan fingerprint density at radius 3 is 2.47 bits per heavy atom. The zero-order valence-corrected chi connectivity index (χ0v) is 12.0. The second kappa shape index (κ2) is 6.20. The molecule has 1 aromatic carbocycles. The van der Waals surface area contributed by atoms with Gasteiger partial charge in [-0.15, -0.1) is 0 Å². The van der Waals surface area contributed by atoms with Gasteiger partial charge in [-0.3, -0.25) is 4.79 Å². The predicted molar refractivity (Wildman–Crippen MR) is 77.7 cm³/mol. The van der Waals surface area contributed by atoms with Crippen molar-refractivity contribution in [2.75, 3.05) is 13.1 Å². The van der Waals surface area contributed by atoms with Gasteiger partial charge in [0, 0.05) is 6.54 Å². The molecule has 19 heavy (non-hydrogen) atoms. The molecular formula is C16H24N2O. The van der Waals surface area contributed by atoms with Crippen molar-refractivity contribution in [3.8, 4) is 0 Å². The maximum Gasteiger partial charge on any atom is 0.225 e. The summed E-state index contributed by atoms with van der Waals surface area (Å²) >= 11 is 0. The van der Waals surface area contributed by atoms with E-state index in [1.807, 2.05) is 18.2 Å². The van der Waals surface area contributed by atoms with Crippen molar-refractivity contribution < 1.29 is 4.79 Å². The summed E-state index contributed by atoms with van der Waals surface area (Å²) in [4.78, 5) is 12.4. The monoisotopic (exact) mass is 260 g/mol. The summed E-state index contributed by atoms with van der Waals surface area (Å²) in [7, 11) is 0. The second-order valence-corrected chi connectivity index (χ2v) is 5.88. The van der Waals surface area contributed by atoms with Crippen molar-refractivity contribution in [1.82, 2.24) is 10.6 Å². The van der Waals surface area contributed by atoms with Crippen LogP contribution in [0.1, 0.15) is 32.4 Å². The highest BCUT2D eigenvalue weighted by Gasteiger charge is 2.31. The fourth-order valence-corrected chi connectivity index (χ4v) is 2.72. The molecule has 3 atom stereocenters. The van der Waals surface area contributed by atoms with E-state index >= 15 is 0 Å². The van der Waals surface area contributed by atoms with Crippen molar-refractivity contribution in [3.05, 3.63) is 35.9 Å². The molecule has 0 radical (unpaired) electrons. The Kier molecular flexibility index (Phi) is 4.59. The van der Waals surface area contributed by atoms with Gasteiger partial charge in [0.15, 0.2) is 0 Å². The summed E-state index contributed by atoms with van der Waals surface area (Å²) in [5.41, 5.74) is 1.18. The number of nitrogens with one attached hydrogen (secondary N) is 2. The highest BCUT2D eigenvalue weighted by atomic mass is 16.2. The third-order valence-electron chi connectivity index (χ3n) is 3.98. The summed E-state index contributed by atoms with van der Waals surface area (Å²) < 4.78 is 0. The van der Waals surface area contributed by atoms with E-state index in [4.69, 9.17) is 0 Å². The number of amides is 1.